The Kier molecular flexibility index (Phi) is 2.69. The van der Waals surface area contributed by atoms with Gasteiger partial charge in [0.05, 0.1) is 11.5 Å². The van der Waals surface area contributed by atoms with Crippen molar-refractivity contribution in [3.63, 3.8) is 0 Å². The normalized spacial score (nSPS) is 29.8. The van der Waals surface area contributed by atoms with E-state index in [1.54, 1.807) is 0 Å². The molecular weight excluding hydrogens is 244 g/mol. The van der Waals surface area contributed by atoms with Gasteiger partial charge >= 0.3 is 6.09 Å². The molecule has 2 fully saturated rings. The van der Waals surface area contributed by atoms with E-state index in [1.165, 1.54) is 4.90 Å². The van der Waals surface area contributed by atoms with Gasteiger partial charge in [0.1, 0.15) is 0 Å². The Hall–Kier alpha value is -2.04. The van der Waals surface area contributed by atoms with E-state index >= 15 is 0 Å². The number of benzene rings is 1. The smallest absolute Gasteiger partial charge is 0.407 e. The maximum atomic E-state index is 12.0. The summed E-state index contributed by atoms with van der Waals surface area (Å²) in [5.41, 5.74) is 0.479. The minimum absolute atomic E-state index is 0.0210. The molecular formula is C14H16N2O3. The fourth-order valence-electron chi connectivity index (χ4n) is 3.18. The summed E-state index contributed by atoms with van der Waals surface area (Å²) >= 11 is 0. The predicted octanol–water partition coefficient (Wildman–Crippen LogP) is 1.62. The van der Waals surface area contributed by atoms with Gasteiger partial charge in [-0.15, -0.1) is 0 Å². The van der Waals surface area contributed by atoms with Crippen molar-refractivity contribution in [1.82, 2.24) is 10.2 Å². The molecule has 0 saturated carbocycles. The Labute approximate surface area is 111 Å². The van der Waals surface area contributed by atoms with Gasteiger partial charge in [-0.1, -0.05) is 30.3 Å². The highest BCUT2D eigenvalue weighted by Crippen LogP contribution is 2.48. The van der Waals surface area contributed by atoms with E-state index in [0.717, 1.165) is 18.4 Å². The van der Waals surface area contributed by atoms with E-state index < -0.39 is 11.5 Å². The molecule has 2 heterocycles. The van der Waals surface area contributed by atoms with Crippen LogP contribution in [-0.4, -0.2) is 35.1 Å². The molecule has 1 spiro atoms. The SMILES string of the molecule is O=C(O)N1CCCC2(C1)C(=O)NC2c1ccccc1. The van der Waals surface area contributed by atoms with E-state index in [-0.39, 0.29) is 11.9 Å². The molecule has 2 amide bonds. The van der Waals surface area contributed by atoms with Gasteiger partial charge in [-0.2, -0.15) is 0 Å². The van der Waals surface area contributed by atoms with E-state index in [0.29, 0.717) is 13.1 Å². The van der Waals surface area contributed by atoms with Crippen molar-refractivity contribution in [2.45, 2.75) is 18.9 Å². The first kappa shape index (κ1) is 12.0. The number of carboxylic acid groups (broad SMARTS) is 1. The summed E-state index contributed by atoms with van der Waals surface area (Å²) < 4.78 is 0. The van der Waals surface area contributed by atoms with Gasteiger partial charge in [-0.3, -0.25) is 4.79 Å². The lowest BCUT2D eigenvalue weighted by molar-refractivity contribution is -0.151. The van der Waals surface area contributed by atoms with Crippen molar-refractivity contribution in [2.75, 3.05) is 13.1 Å². The van der Waals surface area contributed by atoms with Gasteiger partial charge in [-0.25, -0.2) is 4.79 Å². The van der Waals surface area contributed by atoms with E-state index in [4.69, 9.17) is 5.11 Å². The summed E-state index contributed by atoms with van der Waals surface area (Å²) in [5, 5.41) is 12.0. The summed E-state index contributed by atoms with van der Waals surface area (Å²) in [6.45, 7) is 0.819. The van der Waals surface area contributed by atoms with E-state index in [9.17, 15) is 9.59 Å². The molecule has 2 aliphatic heterocycles. The van der Waals surface area contributed by atoms with Crippen molar-refractivity contribution in [2.24, 2.45) is 5.41 Å². The third-order valence-electron chi connectivity index (χ3n) is 4.21. The first-order chi connectivity index (χ1) is 9.13. The summed E-state index contributed by atoms with van der Waals surface area (Å²) in [4.78, 5) is 24.5. The number of β-lactam (4-membered cyclic amide) rings is 1. The van der Waals surface area contributed by atoms with Gasteiger partial charge in [0.15, 0.2) is 0 Å². The molecule has 2 aliphatic rings. The fraction of sp³-hybridized carbons (Fsp3) is 0.429. The molecule has 5 nitrogen and oxygen atoms in total. The monoisotopic (exact) mass is 260 g/mol. The minimum Gasteiger partial charge on any atom is -0.465 e. The van der Waals surface area contributed by atoms with Gasteiger partial charge in [0.2, 0.25) is 5.91 Å². The van der Waals surface area contributed by atoms with Crippen molar-refractivity contribution >= 4 is 12.0 Å². The number of nitrogens with one attached hydrogen (secondary N) is 1. The lowest BCUT2D eigenvalue weighted by atomic mass is 9.65. The number of hydrogen-bond acceptors (Lipinski definition) is 2. The van der Waals surface area contributed by atoms with Crippen LogP contribution < -0.4 is 5.32 Å². The number of piperidine rings is 1. The van der Waals surface area contributed by atoms with Crippen molar-refractivity contribution < 1.29 is 14.7 Å². The minimum atomic E-state index is -0.939. The summed E-state index contributed by atoms with van der Waals surface area (Å²) in [5.74, 6) is -0.0210. The van der Waals surface area contributed by atoms with Crippen LogP contribution in [0.4, 0.5) is 4.79 Å². The predicted molar refractivity (Wildman–Crippen MR) is 68.6 cm³/mol. The molecule has 19 heavy (non-hydrogen) atoms. The van der Waals surface area contributed by atoms with Crippen LogP contribution in [0.5, 0.6) is 0 Å². The van der Waals surface area contributed by atoms with Gasteiger partial charge in [0.25, 0.3) is 0 Å². The zero-order valence-electron chi connectivity index (χ0n) is 10.5. The van der Waals surface area contributed by atoms with Crippen LogP contribution in [-0.2, 0) is 4.79 Å². The fourth-order valence-corrected chi connectivity index (χ4v) is 3.18. The number of hydrogen-bond donors (Lipinski definition) is 2. The van der Waals surface area contributed by atoms with E-state index in [1.807, 2.05) is 30.3 Å². The maximum absolute atomic E-state index is 12.0. The second kappa shape index (κ2) is 4.26. The second-order valence-electron chi connectivity index (χ2n) is 5.28. The molecule has 100 valence electrons. The van der Waals surface area contributed by atoms with Crippen LogP contribution >= 0.6 is 0 Å². The second-order valence-corrected chi connectivity index (χ2v) is 5.28. The first-order valence-corrected chi connectivity index (χ1v) is 6.47. The third-order valence-corrected chi connectivity index (χ3v) is 4.21. The van der Waals surface area contributed by atoms with Gasteiger partial charge in [-0.05, 0) is 18.4 Å². The summed E-state index contributed by atoms with van der Waals surface area (Å²) in [6.07, 6.45) is 0.552. The Morgan fingerprint density at radius 3 is 2.74 bits per heavy atom. The Morgan fingerprint density at radius 2 is 2.11 bits per heavy atom. The highest BCUT2D eigenvalue weighted by molar-refractivity contribution is 5.91. The molecule has 5 heteroatoms. The van der Waals surface area contributed by atoms with Crippen LogP contribution in [0.1, 0.15) is 24.4 Å². The maximum Gasteiger partial charge on any atom is 0.407 e. The molecule has 2 saturated heterocycles. The molecule has 2 atom stereocenters. The molecule has 0 bridgehead atoms. The third kappa shape index (κ3) is 1.77. The first-order valence-electron chi connectivity index (χ1n) is 6.47. The highest BCUT2D eigenvalue weighted by Gasteiger charge is 2.57. The molecule has 0 aliphatic carbocycles. The standard InChI is InChI=1S/C14H16N2O3/c17-12-14(7-4-8-16(9-14)13(18)19)11(15-12)10-5-2-1-3-6-10/h1-3,5-6,11H,4,7-9H2,(H,15,17)(H,18,19). The summed E-state index contributed by atoms with van der Waals surface area (Å²) in [6, 6.07) is 9.69. The highest BCUT2D eigenvalue weighted by atomic mass is 16.4. The van der Waals surface area contributed by atoms with E-state index in [2.05, 4.69) is 5.32 Å². The number of nitrogens with zero attached hydrogens (tertiary/aromatic N) is 1. The number of amides is 2. The number of likely N-dealkylation sites (tertiary alicyclic amines) is 1. The molecule has 0 radical (unpaired) electrons. The molecule has 3 rings (SSSR count). The van der Waals surface area contributed by atoms with Crippen molar-refractivity contribution in [3.8, 4) is 0 Å². The van der Waals surface area contributed by atoms with Crippen LogP contribution in [0, 0.1) is 5.41 Å². The Balaban J connectivity index is 1.89. The number of carbonyl (C=O) groups is 2. The van der Waals surface area contributed by atoms with Gasteiger partial charge in [0, 0.05) is 13.1 Å². The lowest BCUT2D eigenvalue weighted by Gasteiger charge is -2.52. The lowest BCUT2D eigenvalue weighted by Crippen LogP contribution is -2.67. The topological polar surface area (TPSA) is 69.6 Å². The average Bonchev–Trinajstić information content (AvgIpc) is 2.45. The zero-order valence-corrected chi connectivity index (χ0v) is 10.5. The number of carbonyl (C=O) groups excluding carboxylic acids is 1. The number of rotatable bonds is 1. The Morgan fingerprint density at radius 1 is 1.37 bits per heavy atom. The van der Waals surface area contributed by atoms with Crippen molar-refractivity contribution in [1.29, 1.82) is 0 Å². The molecule has 1 aromatic rings. The van der Waals surface area contributed by atoms with Crippen LogP contribution in [0.3, 0.4) is 0 Å². The van der Waals surface area contributed by atoms with Crippen molar-refractivity contribution in [3.05, 3.63) is 35.9 Å². The molecule has 0 aromatic heterocycles. The molecule has 2 unspecified atom stereocenters. The average molecular weight is 260 g/mol. The quantitative estimate of drug-likeness (QED) is 0.754. The zero-order chi connectivity index (χ0) is 13.5. The Bertz CT molecular complexity index is 517. The van der Waals surface area contributed by atoms with Crippen LogP contribution in [0.2, 0.25) is 0 Å². The molecule has 2 N–H and O–H groups in total. The molecule has 1 aromatic carbocycles. The summed E-state index contributed by atoms with van der Waals surface area (Å²) in [7, 11) is 0. The van der Waals surface area contributed by atoms with Gasteiger partial charge < -0.3 is 15.3 Å². The van der Waals surface area contributed by atoms with Crippen LogP contribution in [0.25, 0.3) is 0 Å². The largest absolute Gasteiger partial charge is 0.465 e. The van der Waals surface area contributed by atoms with Crippen LogP contribution in [0.15, 0.2) is 30.3 Å².